The summed E-state index contributed by atoms with van der Waals surface area (Å²) in [6.07, 6.45) is 2.11. The van der Waals surface area contributed by atoms with E-state index in [1.807, 2.05) is 36.6 Å². The van der Waals surface area contributed by atoms with Crippen LogP contribution >= 0.6 is 11.3 Å². The SMILES string of the molecule is Cc1ccnc(NC(=O)[C@]2(C)CC(c3cccs3)=NO2)c1. The molecule has 2 aromatic heterocycles. The molecule has 5 nitrogen and oxygen atoms in total. The van der Waals surface area contributed by atoms with Crippen LogP contribution in [-0.4, -0.2) is 22.2 Å². The normalized spacial score (nSPS) is 20.8. The highest BCUT2D eigenvalue weighted by molar-refractivity contribution is 7.12. The second kappa shape index (κ2) is 5.29. The minimum Gasteiger partial charge on any atom is -0.379 e. The molecule has 0 saturated carbocycles. The van der Waals surface area contributed by atoms with E-state index >= 15 is 0 Å². The summed E-state index contributed by atoms with van der Waals surface area (Å²) in [5, 5.41) is 8.82. The Balaban J connectivity index is 1.71. The summed E-state index contributed by atoms with van der Waals surface area (Å²) in [5.74, 6) is 0.283. The second-order valence-corrected chi connectivity index (χ2v) is 6.13. The molecule has 1 N–H and O–H groups in total. The Morgan fingerprint density at radius 3 is 3.05 bits per heavy atom. The summed E-state index contributed by atoms with van der Waals surface area (Å²) in [5.41, 5.74) is 0.846. The molecular formula is C15H15N3O2S. The van der Waals surface area contributed by atoms with E-state index in [1.165, 1.54) is 0 Å². The minimum absolute atomic E-state index is 0.240. The first-order valence-electron chi connectivity index (χ1n) is 6.60. The van der Waals surface area contributed by atoms with Gasteiger partial charge >= 0.3 is 0 Å². The number of aromatic nitrogens is 1. The number of rotatable bonds is 3. The third-order valence-corrected chi connectivity index (χ3v) is 4.22. The maximum Gasteiger partial charge on any atom is 0.272 e. The van der Waals surface area contributed by atoms with Gasteiger partial charge in [0.1, 0.15) is 11.5 Å². The lowest BCUT2D eigenvalue weighted by Crippen LogP contribution is -2.40. The van der Waals surface area contributed by atoms with Crippen molar-refractivity contribution in [2.45, 2.75) is 25.9 Å². The number of oxime groups is 1. The van der Waals surface area contributed by atoms with Crippen molar-refractivity contribution in [3.8, 4) is 0 Å². The molecule has 1 atom stereocenters. The molecule has 0 unspecified atom stereocenters. The first-order chi connectivity index (χ1) is 10.1. The lowest BCUT2D eigenvalue weighted by Gasteiger charge is -2.20. The van der Waals surface area contributed by atoms with E-state index in [4.69, 9.17) is 4.84 Å². The van der Waals surface area contributed by atoms with E-state index < -0.39 is 5.60 Å². The predicted molar refractivity (Wildman–Crippen MR) is 82.6 cm³/mol. The van der Waals surface area contributed by atoms with Crippen molar-refractivity contribution in [2.75, 3.05) is 5.32 Å². The number of aryl methyl sites for hydroxylation is 1. The molecule has 1 amide bonds. The summed E-state index contributed by atoms with van der Waals surface area (Å²) in [4.78, 5) is 23.0. The van der Waals surface area contributed by atoms with Gasteiger partial charge in [-0.25, -0.2) is 4.98 Å². The number of carbonyl (C=O) groups is 1. The van der Waals surface area contributed by atoms with Gasteiger partial charge in [0.05, 0.1) is 4.88 Å². The number of thiophene rings is 1. The summed E-state index contributed by atoms with van der Waals surface area (Å²) >= 11 is 1.58. The first kappa shape index (κ1) is 13.8. The van der Waals surface area contributed by atoms with Gasteiger partial charge in [-0.3, -0.25) is 4.79 Å². The van der Waals surface area contributed by atoms with Crippen LogP contribution in [0, 0.1) is 6.92 Å². The van der Waals surface area contributed by atoms with Gasteiger partial charge in [-0.15, -0.1) is 11.3 Å². The third-order valence-electron chi connectivity index (χ3n) is 3.31. The number of nitrogens with one attached hydrogen (secondary N) is 1. The highest BCUT2D eigenvalue weighted by atomic mass is 32.1. The first-order valence-corrected chi connectivity index (χ1v) is 7.48. The molecule has 0 aromatic carbocycles. The zero-order valence-corrected chi connectivity index (χ0v) is 12.6. The van der Waals surface area contributed by atoms with Crippen LogP contribution in [0.5, 0.6) is 0 Å². The summed E-state index contributed by atoms with van der Waals surface area (Å²) in [7, 11) is 0. The van der Waals surface area contributed by atoms with Crippen molar-refractivity contribution in [2.24, 2.45) is 5.16 Å². The standard InChI is InChI=1S/C15H15N3O2S/c1-10-5-6-16-13(8-10)17-14(19)15(2)9-11(18-20-15)12-4-3-7-21-12/h3-8H,9H2,1-2H3,(H,16,17,19)/t15-/m0/s1. The fourth-order valence-corrected chi connectivity index (χ4v) is 2.80. The number of nitrogens with zero attached hydrogens (tertiary/aromatic N) is 2. The molecule has 108 valence electrons. The van der Waals surface area contributed by atoms with E-state index in [9.17, 15) is 4.79 Å². The molecule has 1 aliphatic heterocycles. The molecule has 1 aliphatic rings. The van der Waals surface area contributed by atoms with E-state index in [0.29, 0.717) is 12.2 Å². The van der Waals surface area contributed by atoms with E-state index in [1.54, 1.807) is 24.5 Å². The van der Waals surface area contributed by atoms with Crippen molar-refractivity contribution >= 4 is 28.8 Å². The topological polar surface area (TPSA) is 63.6 Å². The van der Waals surface area contributed by atoms with Crippen LogP contribution in [0.15, 0.2) is 41.0 Å². The zero-order chi connectivity index (χ0) is 14.9. The van der Waals surface area contributed by atoms with Gasteiger partial charge in [0.25, 0.3) is 5.91 Å². The highest BCUT2D eigenvalue weighted by Crippen LogP contribution is 2.29. The zero-order valence-electron chi connectivity index (χ0n) is 11.8. The van der Waals surface area contributed by atoms with Crippen molar-refractivity contribution in [1.29, 1.82) is 0 Å². The molecule has 0 spiro atoms. The molecule has 0 radical (unpaired) electrons. The van der Waals surface area contributed by atoms with E-state index in [0.717, 1.165) is 16.2 Å². The molecule has 2 aromatic rings. The molecule has 0 fully saturated rings. The molecule has 0 saturated heterocycles. The average Bonchev–Trinajstić information content (AvgIpc) is 3.08. The lowest BCUT2D eigenvalue weighted by atomic mass is 9.98. The van der Waals surface area contributed by atoms with Crippen LogP contribution in [0.2, 0.25) is 0 Å². The summed E-state index contributed by atoms with van der Waals surface area (Å²) < 4.78 is 0. The second-order valence-electron chi connectivity index (χ2n) is 5.19. The number of amides is 1. The molecule has 3 rings (SSSR count). The molecule has 0 aliphatic carbocycles. The van der Waals surface area contributed by atoms with E-state index in [2.05, 4.69) is 15.5 Å². The average molecular weight is 301 g/mol. The van der Waals surface area contributed by atoms with Gasteiger partial charge < -0.3 is 10.2 Å². The van der Waals surface area contributed by atoms with Crippen LogP contribution < -0.4 is 5.32 Å². The van der Waals surface area contributed by atoms with Crippen LogP contribution in [0.3, 0.4) is 0 Å². The predicted octanol–water partition coefficient (Wildman–Crippen LogP) is 2.97. The van der Waals surface area contributed by atoms with Gasteiger partial charge in [0.15, 0.2) is 0 Å². The van der Waals surface area contributed by atoms with Crippen molar-refractivity contribution < 1.29 is 9.63 Å². The van der Waals surface area contributed by atoms with Crippen LogP contribution in [0.1, 0.15) is 23.8 Å². The van der Waals surface area contributed by atoms with Crippen molar-refractivity contribution in [3.05, 3.63) is 46.3 Å². The van der Waals surface area contributed by atoms with Gasteiger partial charge in [-0.2, -0.15) is 0 Å². The summed E-state index contributed by atoms with van der Waals surface area (Å²) in [6.45, 7) is 3.69. The smallest absolute Gasteiger partial charge is 0.272 e. The Morgan fingerprint density at radius 2 is 2.33 bits per heavy atom. The van der Waals surface area contributed by atoms with Gasteiger partial charge in [-0.1, -0.05) is 11.2 Å². The van der Waals surface area contributed by atoms with Gasteiger partial charge in [0, 0.05) is 12.6 Å². The van der Waals surface area contributed by atoms with Crippen LogP contribution in [0.4, 0.5) is 5.82 Å². The Bertz CT molecular complexity index is 697. The molecule has 6 heteroatoms. The monoisotopic (exact) mass is 301 g/mol. The third kappa shape index (κ3) is 2.80. The largest absolute Gasteiger partial charge is 0.379 e. The quantitative estimate of drug-likeness (QED) is 0.948. The number of anilines is 1. The number of hydrogen-bond donors (Lipinski definition) is 1. The fourth-order valence-electron chi connectivity index (χ4n) is 2.09. The van der Waals surface area contributed by atoms with Gasteiger partial charge in [-0.05, 0) is 43.0 Å². The number of pyridine rings is 1. The Kier molecular flexibility index (Phi) is 3.47. The van der Waals surface area contributed by atoms with E-state index in [-0.39, 0.29) is 5.91 Å². The van der Waals surface area contributed by atoms with Crippen molar-refractivity contribution in [3.63, 3.8) is 0 Å². The Labute approximate surface area is 126 Å². The Morgan fingerprint density at radius 1 is 1.48 bits per heavy atom. The maximum absolute atomic E-state index is 12.4. The molecular weight excluding hydrogens is 286 g/mol. The Hall–Kier alpha value is -2.21. The number of hydrogen-bond acceptors (Lipinski definition) is 5. The molecule has 0 bridgehead atoms. The van der Waals surface area contributed by atoms with Crippen LogP contribution in [0.25, 0.3) is 0 Å². The lowest BCUT2D eigenvalue weighted by molar-refractivity contribution is -0.135. The summed E-state index contributed by atoms with van der Waals surface area (Å²) in [6, 6.07) is 7.62. The molecule has 21 heavy (non-hydrogen) atoms. The number of carbonyl (C=O) groups excluding carboxylic acids is 1. The van der Waals surface area contributed by atoms with Crippen LogP contribution in [-0.2, 0) is 9.63 Å². The molecule has 3 heterocycles. The minimum atomic E-state index is -0.995. The highest BCUT2D eigenvalue weighted by Gasteiger charge is 2.42. The van der Waals surface area contributed by atoms with Gasteiger partial charge in [0.2, 0.25) is 5.60 Å². The maximum atomic E-state index is 12.4. The van der Waals surface area contributed by atoms with Crippen molar-refractivity contribution in [1.82, 2.24) is 4.98 Å². The fraction of sp³-hybridized carbons (Fsp3) is 0.267.